The number of fused-ring (bicyclic) bond motifs is 1. The Bertz CT molecular complexity index is 1320. The van der Waals surface area contributed by atoms with Crippen molar-refractivity contribution in [3.05, 3.63) is 77.7 Å². The number of carbonyl (C=O) groups is 1. The lowest BCUT2D eigenvalue weighted by molar-refractivity contribution is 0.102. The quantitative estimate of drug-likeness (QED) is 0.363. The van der Waals surface area contributed by atoms with Crippen LogP contribution in [0.5, 0.6) is 5.75 Å². The fraction of sp³-hybridized carbons (Fsp3) is 0.269. The number of carbonyl (C=O) groups excluding carboxylic acids is 1. The predicted molar refractivity (Wildman–Crippen MR) is 137 cm³/mol. The Morgan fingerprint density at radius 1 is 1.11 bits per heavy atom. The average molecular weight is 491 g/mol. The van der Waals surface area contributed by atoms with Gasteiger partial charge in [-0.05, 0) is 42.3 Å². The van der Waals surface area contributed by atoms with Crippen LogP contribution in [-0.4, -0.2) is 64.7 Å². The van der Waals surface area contributed by atoms with E-state index in [1.54, 1.807) is 23.0 Å². The van der Waals surface area contributed by atoms with E-state index in [2.05, 4.69) is 25.6 Å². The Labute approximate surface area is 208 Å². The van der Waals surface area contributed by atoms with Crippen LogP contribution in [0.3, 0.4) is 0 Å². The summed E-state index contributed by atoms with van der Waals surface area (Å²) in [4.78, 5) is 20.1. The van der Waals surface area contributed by atoms with Gasteiger partial charge in [0.2, 0.25) is 0 Å². The molecule has 0 aliphatic carbocycles. The number of benzene rings is 2. The maximum Gasteiger partial charge on any atom is 0.274 e. The van der Waals surface area contributed by atoms with Gasteiger partial charge in [0, 0.05) is 49.5 Å². The van der Waals surface area contributed by atoms with Crippen LogP contribution in [0.25, 0.3) is 16.8 Å². The molecule has 5 rings (SSSR count). The number of para-hydroxylation sites is 2. The van der Waals surface area contributed by atoms with Gasteiger partial charge in [-0.15, -0.1) is 0 Å². The van der Waals surface area contributed by atoms with Crippen LogP contribution >= 0.6 is 11.6 Å². The van der Waals surface area contributed by atoms with E-state index in [1.165, 1.54) is 0 Å². The van der Waals surface area contributed by atoms with Crippen LogP contribution in [0.4, 0.5) is 5.69 Å². The van der Waals surface area contributed by atoms with Crippen molar-refractivity contribution in [2.24, 2.45) is 0 Å². The Kier molecular flexibility index (Phi) is 7.23. The minimum atomic E-state index is -0.317. The smallest absolute Gasteiger partial charge is 0.274 e. The van der Waals surface area contributed by atoms with Crippen molar-refractivity contribution in [2.75, 3.05) is 44.6 Å². The second kappa shape index (κ2) is 10.9. The summed E-state index contributed by atoms with van der Waals surface area (Å²) in [5.74, 6) is 0.328. The van der Waals surface area contributed by atoms with Crippen LogP contribution in [0.15, 0.2) is 67.0 Å². The van der Waals surface area contributed by atoms with Gasteiger partial charge in [-0.25, -0.2) is 9.50 Å². The topological polar surface area (TPSA) is 83.8 Å². The predicted octanol–water partition coefficient (Wildman–Crippen LogP) is 3.98. The number of hydrogen-bond acceptors (Lipinski definition) is 6. The number of nitrogens with one attached hydrogen (secondary N) is 2. The van der Waals surface area contributed by atoms with Gasteiger partial charge in [0.25, 0.3) is 5.91 Å². The van der Waals surface area contributed by atoms with Crippen LogP contribution in [0.1, 0.15) is 16.9 Å². The maximum atomic E-state index is 13.1. The molecule has 0 atom stereocenters. The lowest BCUT2D eigenvalue weighted by Gasteiger charge is -2.27. The van der Waals surface area contributed by atoms with Gasteiger partial charge in [0.05, 0.1) is 18.5 Å². The van der Waals surface area contributed by atoms with Crippen molar-refractivity contribution in [1.29, 1.82) is 0 Å². The number of anilines is 1. The van der Waals surface area contributed by atoms with Crippen molar-refractivity contribution < 1.29 is 9.53 Å². The molecule has 1 amide bonds. The maximum absolute atomic E-state index is 13.1. The first-order valence-electron chi connectivity index (χ1n) is 11.7. The first-order valence-corrected chi connectivity index (χ1v) is 12.1. The number of ether oxygens (including phenoxy) is 1. The van der Waals surface area contributed by atoms with Gasteiger partial charge < -0.3 is 20.3 Å². The standard InChI is InChI=1S/C26H27ClN6O2/c27-20-6-3-5-19(17-20)21-18-29-33-13-9-23(30-25(21)33)26(34)31-22-7-1-2-8-24(22)35-16-4-12-32-14-10-28-11-15-32/h1-3,5-9,13,17-18,28H,4,10-12,14-16H2,(H,31,34). The van der Waals surface area contributed by atoms with E-state index in [1.807, 2.05) is 48.5 Å². The second-order valence-corrected chi connectivity index (χ2v) is 8.83. The number of amides is 1. The summed E-state index contributed by atoms with van der Waals surface area (Å²) in [6.45, 7) is 5.80. The zero-order chi connectivity index (χ0) is 24.0. The molecule has 2 aromatic heterocycles. The summed E-state index contributed by atoms with van der Waals surface area (Å²) in [6, 6.07) is 16.6. The lowest BCUT2D eigenvalue weighted by Crippen LogP contribution is -2.43. The summed E-state index contributed by atoms with van der Waals surface area (Å²) in [7, 11) is 0. The molecule has 0 radical (unpaired) electrons. The highest BCUT2D eigenvalue weighted by atomic mass is 35.5. The largest absolute Gasteiger partial charge is 0.491 e. The first kappa shape index (κ1) is 23.3. The molecule has 1 aliphatic heterocycles. The molecule has 1 saturated heterocycles. The third kappa shape index (κ3) is 5.62. The molecular formula is C26H27ClN6O2. The highest BCUT2D eigenvalue weighted by molar-refractivity contribution is 6.30. The summed E-state index contributed by atoms with van der Waals surface area (Å²) in [5.41, 5.74) is 3.17. The highest BCUT2D eigenvalue weighted by Gasteiger charge is 2.15. The first-order chi connectivity index (χ1) is 17.2. The van der Waals surface area contributed by atoms with Crippen LogP contribution in [0, 0.1) is 0 Å². The van der Waals surface area contributed by atoms with E-state index in [0.717, 1.165) is 50.3 Å². The van der Waals surface area contributed by atoms with E-state index in [4.69, 9.17) is 16.3 Å². The lowest BCUT2D eigenvalue weighted by atomic mass is 10.1. The van der Waals surface area contributed by atoms with Gasteiger partial charge in [-0.2, -0.15) is 5.10 Å². The molecular weight excluding hydrogens is 464 g/mol. The molecule has 2 N–H and O–H groups in total. The zero-order valence-corrected chi connectivity index (χ0v) is 20.0. The molecule has 1 fully saturated rings. The molecule has 8 nitrogen and oxygen atoms in total. The molecule has 1 aliphatic rings. The molecule has 3 heterocycles. The molecule has 35 heavy (non-hydrogen) atoms. The van der Waals surface area contributed by atoms with Gasteiger partial charge >= 0.3 is 0 Å². The second-order valence-electron chi connectivity index (χ2n) is 8.39. The summed E-state index contributed by atoms with van der Waals surface area (Å²) < 4.78 is 7.65. The van der Waals surface area contributed by atoms with Crippen molar-refractivity contribution >= 4 is 28.8 Å². The van der Waals surface area contributed by atoms with Crippen molar-refractivity contribution in [3.8, 4) is 16.9 Å². The fourth-order valence-electron chi connectivity index (χ4n) is 4.14. The minimum Gasteiger partial charge on any atom is -0.491 e. The molecule has 4 aromatic rings. The highest BCUT2D eigenvalue weighted by Crippen LogP contribution is 2.27. The Morgan fingerprint density at radius 3 is 2.83 bits per heavy atom. The van der Waals surface area contributed by atoms with Gasteiger partial charge in [-0.1, -0.05) is 35.9 Å². The Morgan fingerprint density at radius 2 is 1.97 bits per heavy atom. The molecule has 0 bridgehead atoms. The zero-order valence-electron chi connectivity index (χ0n) is 19.3. The van der Waals surface area contributed by atoms with Crippen LogP contribution in [0.2, 0.25) is 5.02 Å². The minimum absolute atomic E-state index is 0.287. The van der Waals surface area contributed by atoms with Crippen LogP contribution in [-0.2, 0) is 0 Å². The van der Waals surface area contributed by atoms with Gasteiger partial charge in [0.1, 0.15) is 11.4 Å². The average Bonchev–Trinajstić information content (AvgIpc) is 3.31. The molecule has 0 spiro atoms. The number of hydrogen-bond donors (Lipinski definition) is 2. The number of aromatic nitrogens is 3. The molecule has 2 aromatic carbocycles. The summed E-state index contributed by atoms with van der Waals surface area (Å²) >= 11 is 6.16. The van der Waals surface area contributed by atoms with Gasteiger partial charge in [0.15, 0.2) is 5.65 Å². The number of nitrogens with zero attached hydrogens (tertiary/aromatic N) is 4. The Hall–Kier alpha value is -3.46. The Balaban J connectivity index is 1.27. The summed E-state index contributed by atoms with van der Waals surface area (Å²) in [6.07, 6.45) is 4.37. The third-order valence-corrected chi connectivity index (χ3v) is 6.19. The molecule has 9 heteroatoms. The molecule has 0 saturated carbocycles. The van der Waals surface area contributed by atoms with Crippen molar-refractivity contribution in [3.63, 3.8) is 0 Å². The van der Waals surface area contributed by atoms with E-state index in [-0.39, 0.29) is 11.6 Å². The third-order valence-electron chi connectivity index (χ3n) is 5.96. The van der Waals surface area contributed by atoms with Crippen LogP contribution < -0.4 is 15.4 Å². The fourth-order valence-corrected chi connectivity index (χ4v) is 4.33. The molecule has 0 unspecified atom stereocenters. The monoisotopic (exact) mass is 490 g/mol. The van der Waals surface area contributed by atoms with Gasteiger partial charge in [-0.3, -0.25) is 4.79 Å². The number of rotatable bonds is 8. The number of piperazine rings is 1. The molecule has 180 valence electrons. The summed E-state index contributed by atoms with van der Waals surface area (Å²) in [5, 5.41) is 11.3. The SMILES string of the molecule is O=C(Nc1ccccc1OCCCN1CCNCC1)c1ccn2ncc(-c3cccc(Cl)c3)c2n1. The van der Waals surface area contributed by atoms with E-state index >= 15 is 0 Å². The normalized spacial score (nSPS) is 14.2. The van der Waals surface area contributed by atoms with E-state index in [9.17, 15) is 4.79 Å². The van der Waals surface area contributed by atoms with Crippen molar-refractivity contribution in [1.82, 2.24) is 24.8 Å². The van der Waals surface area contributed by atoms with Crippen molar-refractivity contribution in [2.45, 2.75) is 6.42 Å². The van der Waals surface area contributed by atoms with E-state index in [0.29, 0.717) is 28.7 Å². The van der Waals surface area contributed by atoms with E-state index < -0.39 is 0 Å². The number of halogens is 1.